The molecule has 1 heterocycles. The van der Waals surface area contributed by atoms with Gasteiger partial charge in [-0.15, -0.1) is 0 Å². The molecule has 0 spiro atoms. The Kier molecular flexibility index (Phi) is 3.51. The molecule has 3 N–H and O–H groups in total. The summed E-state index contributed by atoms with van der Waals surface area (Å²) in [5.41, 5.74) is 3.25. The lowest BCUT2D eigenvalue weighted by atomic mass is 10.1. The number of nitrogens with two attached hydrogens (primary N) is 1. The Balaban J connectivity index is 1.52. The first-order valence-corrected chi connectivity index (χ1v) is 9.30. The van der Waals surface area contributed by atoms with Gasteiger partial charge < -0.3 is 4.98 Å². The average Bonchev–Trinajstić information content (AvgIpc) is 3.23. The van der Waals surface area contributed by atoms with Crippen LogP contribution < -0.4 is 5.14 Å². The summed E-state index contributed by atoms with van der Waals surface area (Å²) >= 11 is 0. The summed E-state index contributed by atoms with van der Waals surface area (Å²) in [5.74, 6) is 1.70. The highest BCUT2D eigenvalue weighted by atomic mass is 32.2. The fourth-order valence-corrected chi connectivity index (χ4v) is 3.58. The zero-order valence-electron chi connectivity index (χ0n) is 12.9. The maximum Gasteiger partial charge on any atom is 0.238 e. The molecule has 1 fully saturated rings. The van der Waals surface area contributed by atoms with Crippen LogP contribution in [0, 0.1) is 0 Å². The molecule has 1 aliphatic carbocycles. The lowest BCUT2D eigenvalue weighted by Gasteiger charge is -2.02. The largest absolute Gasteiger partial charge is 0.342 e. The molecule has 0 aliphatic heterocycles. The monoisotopic (exact) mass is 339 g/mol. The van der Waals surface area contributed by atoms with E-state index in [1.807, 2.05) is 48.7 Å². The fraction of sp³-hybridized carbons (Fsp3) is 0.167. The van der Waals surface area contributed by atoms with E-state index < -0.39 is 10.0 Å². The summed E-state index contributed by atoms with van der Waals surface area (Å²) in [6.45, 7) is 0. The van der Waals surface area contributed by atoms with E-state index in [0.717, 1.165) is 29.1 Å². The number of aromatic nitrogens is 2. The molecule has 122 valence electrons. The number of sulfonamides is 1. The lowest BCUT2D eigenvalue weighted by Crippen LogP contribution is -2.11. The Morgan fingerprint density at radius 3 is 2.38 bits per heavy atom. The van der Waals surface area contributed by atoms with E-state index in [0.29, 0.717) is 11.8 Å². The number of hydrogen-bond acceptors (Lipinski definition) is 3. The third-order valence-electron chi connectivity index (χ3n) is 4.46. The van der Waals surface area contributed by atoms with E-state index in [1.165, 1.54) is 0 Å². The van der Waals surface area contributed by atoms with Crippen molar-refractivity contribution in [3.8, 4) is 11.3 Å². The summed E-state index contributed by atoms with van der Waals surface area (Å²) in [7, 11) is -3.64. The summed E-state index contributed by atoms with van der Waals surface area (Å²) in [4.78, 5) is 8.06. The van der Waals surface area contributed by atoms with Crippen molar-refractivity contribution in [1.82, 2.24) is 9.97 Å². The molecule has 0 unspecified atom stereocenters. The van der Waals surface area contributed by atoms with Gasteiger partial charge in [0.2, 0.25) is 10.0 Å². The van der Waals surface area contributed by atoms with Gasteiger partial charge in [-0.2, -0.15) is 0 Å². The van der Waals surface area contributed by atoms with Crippen LogP contribution >= 0.6 is 0 Å². The van der Waals surface area contributed by atoms with E-state index in [1.54, 1.807) is 12.1 Å². The predicted octanol–water partition coefficient (Wildman–Crippen LogP) is 3.00. The Morgan fingerprint density at radius 2 is 1.71 bits per heavy atom. The quantitative estimate of drug-likeness (QED) is 0.766. The van der Waals surface area contributed by atoms with Crippen LogP contribution in [0.3, 0.4) is 0 Å². The highest BCUT2D eigenvalue weighted by Crippen LogP contribution is 2.53. The van der Waals surface area contributed by atoms with Gasteiger partial charge in [0.1, 0.15) is 5.82 Å². The zero-order valence-corrected chi connectivity index (χ0v) is 13.7. The van der Waals surface area contributed by atoms with Crippen LogP contribution in [0.5, 0.6) is 0 Å². The number of primary sulfonamides is 1. The van der Waals surface area contributed by atoms with Gasteiger partial charge in [-0.25, -0.2) is 18.5 Å². The van der Waals surface area contributed by atoms with Gasteiger partial charge in [-0.1, -0.05) is 42.5 Å². The van der Waals surface area contributed by atoms with E-state index in [9.17, 15) is 8.42 Å². The highest BCUT2D eigenvalue weighted by molar-refractivity contribution is 7.89. The summed E-state index contributed by atoms with van der Waals surface area (Å²) in [5, 5.41) is 5.13. The first-order chi connectivity index (χ1) is 11.5. The maximum atomic E-state index is 11.3. The molecule has 0 bridgehead atoms. The van der Waals surface area contributed by atoms with Crippen molar-refractivity contribution in [2.75, 3.05) is 0 Å². The van der Waals surface area contributed by atoms with Crippen LogP contribution in [0.15, 0.2) is 65.7 Å². The molecule has 0 radical (unpaired) electrons. The Hall–Kier alpha value is -2.44. The van der Waals surface area contributed by atoms with E-state index in [2.05, 4.69) is 9.97 Å². The first-order valence-electron chi connectivity index (χ1n) is 7.75. The number of hydrogen-bond donors (Lipinski definition) is 2. The van der Waals surface area contributed by atoms with Crippen molar-refractivity contribution >= 4 is 10.0 Å². The molecule has 5 nitrogen and oxygen atoms in total. The lowest BCUT2D eigenvalue weighted by molar-refractivity contribution is 0.598. The van der Waals surface area contributed by atoms with Crippen molar-refractivity contribution < 1.29 is 8.42 Å². The van der Waals surface area contributed by atoms with Gasteiger partial charge >= 0.3 is 0 Å². The van der Waals surface area contributed by atoms with Crippen LogP contribution in [-0.2, 0) is 10.0 Å². The van der Waals surface area contributed by atoms with Crippen LogP contribution in [0.1, 0.15) is 29.6 Å². The van der Waals surface area contributed by atoms with Crippen molar-refractivity contribution in [1.29, 1.82) is 0 Å². The molecule has 0 saturated heterocycles. The van der Waals surface area contributed by atoms with Crippen molar-refractivity contribution in [3.63, 3.8) is 0 Å². The summed E-state index contributed by atoms with van der Waals surface area (Å²) in [6.07, 6.45) is 2.88. The van der Waals surface area contributed by atoms with Gasteiger partial charge in [0.05, 0.1) is 16.8 Å². The Labute approximate surface area is 140 Å². The zero-order chi connectivity index (χ0) is 16.7. The third kappa shape index (κ3) is 2.86. The molecule has 1 aliphatic rings. The molecule has 2 atom stereocenters. The predicted molar refractivity (Wildman–Crippen MR) is 91.9 cm³/mol. The Morgan fingerprint density at radius 1 is 1.00 bits per heavy atom. The molecule has 3 aromatic rings. The number of nitrogens with zero attached hydrogens (tertiary/aromatic N) is 1. The van der Waals surface area contributed by atoms with Gasteiger partial charge in [0, 0.05) is 5.92 Å². The molecule has 24 heavy (non-hydrogen) atoms. The van der Waals surface area contributed by atoms with Crippen molar-refractivity contribution in [2.24, 2.45) is 5.14 Å². The topological polar surface area (TPSA) is 88.8 Å². The molecular weight excluding hydrogens is 322 g/mol. The molecule has 4 rings (SSSR count). The smallest absolute Gasteiger partial charge is 0.238 e. The van der Waals surface area contributed by atoms with Gasteiger partial charge in [-0.05, 0) is 35.6 Å². The first kappa shape index (κ1) is 15.1. The average molecular weight is 339 g/mol. The molecule has 1 aromatic heterocycles. The van der Waals surface area contributed by atoms with Gasteiger partial charge in [0.25, 0.3) is 0 Å². The van der Waals surface area contributed by atoms with Gasteiger partial charge in [-0.3, -0.25) is 0 Å². The standard InChI is InChI=1S/C18H17N3O2S/c19-24(22,23)14-8-6-12(7-9-14)15-10-16(15)18-20-11-17(21-18)13-4-2-1-3-5-13/h1-9,11,15-16H,10H2,(H,20,21)(H2,19,22,23)/t15-,16+/m0/s1. The number of nitrogens with one attached hydrogen (secondary N) is 1. The van der Waals surface area contributed by atoms with Crippen LogP contribution in [0.2, 0.25) is 0 Å². The number of imidazole rings is 1. The fourth-order valence-electron chi connectivity index (χ4n) is 3.06. The third-order valence-corrected chi connectivity index (χ3v) is 5.39. The van der Waals surface area contributed by atoms with E-state index in [-0.39, 0.29) is 4.90 Å². The van der Waals surface area contributed by atoms with Crippen molar-refractivity contribution in [3.05, 3.63) is 72.2 Å². The van der Waals surface area contributed by atoms with Crippen molar-refractivity contribution in [2.45, 2.75) is 23.2 Å². The number of benzene rings is 2. The van der Waals surface area contributed by atoms with Crippen LogP contribution in [-0.4, -0.2) is 18.4 Å². The molecule has 1 saturated carbocycles. The maximum absolute atomic E-state index is 11.3. The second kappa shape index (κ2) is 5.58. The van der Waals surface area contributed by atoms with E-state index >= 15 is 0 Å². The van der Waals surface area contributed by atoms with E-state index in [4.69, 9.17) is 5.14 Å². The molecular formula is C18H17N3O2S. The minimum atomic E-state index is -3.64. The number of rotatable bonds is 4. The minimum Gasteiger partial charge on any atom is -0.342 e. The molecule has 2 aromatic carbocycles. The SMILES string of the molecule is NS(=O)(=O)c1ccc([C@@H]2C[C@H]2c2ncc(-c3ccccc3)[nH]2)cc1. The highest BCUT2D eigenvalue weighted by Gasteiger charge is 2.41. The van der Waals surface area contributed by atoms with Crippen LogP contribution in [0.25, 0.3) is 11.3 Å². The second-order valence-electron chi connectivity index (χ2n) is 6.11. The second-order valence-corrected chi connectivity index (χ2v) is 7.67. The molecule has 6 heteroatoms. The van der Waals surface area contributed by atoms with Gasteiger partial charge in [0.15, 0.2) is 0 Å². The Bertz CT molecular complexity index is 963. The normalized spacial score (nSPS) is 20.0. The molecule has 0 amide bonds. The minimum absolute atomic E-state index is 0.146. The number of aromatic amines is 1. The number of H-pyrrole nitrogens is 1. The summed E-state index contributed by atoms with van der Waals surface area (Å²) in [6, 6.07) is 16.9. The van der Waals surface area contributed by atoms with Crippen LogP contribution in [0.4, 0.5) is 0 Å². The summed E-state index contributed by atoms with van der Waals surface area (Å²) < 4.78 is 22.6.